The Morgan fingerprint density at radius 2 is 1.64 bits per heavy atom. The molecule has 4 rings (SSSR count). The van der Waals surface area contributed by atoms with Crippen LogP contribution in [0.2, 0.25) is 0 Å². The SMILES string of the molecule is CC(C)[C@H]1NC(=O)[C@@H](Cc2cc(F)c(O)c(F)c2)N[C@@H](C)COc2ccccc2CCCNC(=O)[C@H](CN2CCCC2)NC1=O. The number of benzene rings is 2. The largest absolute Gasteiger partial charge is 0.503 e. The van der Waals surface area contributed by atoms with Crippen molar-refractivity contribution in [1.82, 2.24) is 26.2 Å². The predicted octanol–water partition coefficient (Wildman–Crippen LogP) is 2.42. The van der Waals surface area contributed by atoms with E-state index in [0.29, 0.717) is 31.7 Å². The summed E-state index contributed by atoms with van der Waals surface area (Å²) in [5, 5.41) is 21.4. The van der Waals surface area contributed by atoms with Gasteiger partial charge in [-0.25, -0.2) is 8.78 Å². The van der Waals surface area contributed by atoms with Crippen LogP contribution in [0.25, 0.3) is 0 Å². The number of carbonyl (C=O) groups excluding carboxylic acids is 3. The molecule has 2 aliphatic rings. The van der Waals surface area contributed by atoms with Crippen molar-refractivity contribution >= 4 is 17.7 Å². The van der Waals surface area contributed by atoms with Crippen molar-refractivity contribution in [1.29, 1.82) is 0 Å². The third kappa shape index (κ3) is 9.61. The highest BCUT2D eigenvalue weighted by Gasteiger charge is 2.33. The molecule has 2 aliphatic heterocycles. The van der Waals surface area contributed by atoms with Gasteiger partial charge in [0.05, 0.1) is 6.04 Å². The topological polar surface area (TPSA) is 132 Å². The highest BCUT2D eigenvalue weighted by atomic mass is 19.1. The molecule has 246 valence electrons. The van der Waals surface area contributed by atoms with E-state index < -0.39 is 47.3 Å². The first-order valence-corrected chi connectivity index (χ1v) is 15.8. The molecule has 1 saturated heterocycles. The lowest BCUT2D eigenvalue weighted by atomic mass is 10.00. The van der Waals surface area contributed by atoms with Gasteiger partial charge >= 0.3 is 0 Å². The van der Waals surface area contributed by atoms with Crippen LogP contribution in [0.15, 0.2) is 36.4 Å². The van der Waals surface area contributed by atoms with Gasteiger partial charge in [-0.2, -0.15) is 0 Å². The van der Waals surface area contributed by atoms with Crippen LogP contribution in [-0.2, 0) is 27.2 Å². The second-order valence-electron chi connectivity index (χ2n) is 12.3. The maximum absolute atomic E-state index is 14.2. The number of nitrogens with zero attached hydrogens (tertiary/aromatic N) is 1. The standard InChI is InChI=1S/C33H45F2N5O5/c1-20(2)29-33(44)38-27(18-40-13-6-7-14-40)31(42)36-12-8-10-23-9-4-5-11-28(23)45-19-21(3)37-26(32(43)39-29)17-22-15-24(34)30(41)25(35)16-22/h4-5,9,11,15-16,20-21,26-27,29,37,41H,6-8,10,12-14,17-19H2,1-3H3,(H,36,42)(H,38,44)(H,39,43)/t21-,26+,27-,29+/m0/s1. The van der Waals surface area contributed by atoms with Crippen LogP contribution in [0.4, 0.5) is 8.78 Å². The number of aromatic hydroxyl groups is 1. The van der Waals surface area contributed by atoms with Gasteiger partial charge in [0.25, 0.3) is 0 Å². The predicted molar refractivity (Wildman–Crippen MR) is 166 cm³/mol. The molecule has 0 spiro atoms. The number of amides is 3. The van der Waals surface area contributed by atoms with E-state index in [9.17, 15) is 28.3 Å². The van der Waals surface area contributed by atoms with Gasteiger partial charge in [0, 0.05) is 19.1 Å². The molecule has 0 saturated carbocycles. The van der Waals surface area contributed by atoms with Gasteiger partial charge in [0.2, 0.25) is 17.7 Å². The summed E-state index contributed by atoms with van der Waals surface area (Å²) in [5.41, 5.74) is 1.11. The summed E-state index contributed by atoms with van der Waals surface area (Å²) in [6.07, 6.45) is 3.23. The summed E-state index contributed by atoms with van der Waals surface area (Å²) < 4.78 is 34.5. The molecule has 5 N–H and O–H groups in total. The Labute approximate surface area is 263 Å². The Morgan fingerprint density at radius 1 is 0.956 bits per heavy atom. The fraction of sp³-hybridized carbons (Fsp3) is 0.545. The van der Waals surface area contributed by atoms with Crippen molar-refractivity contribution < 1.29 is 33.0 Å². The average Bonchev–Trinajstić information content (AvgIpc) is 3.51. The van der Waals surface area contributed by atoms with Gasteiger partial charge in [0.1, 0.15) is 24.4 Å². The monoisotopic (exact) mass is 629 g/mol. The summed E-state index contributed by atoms with van der Waals surface area (Å²) in [5.74, 6) is -4.38. The molecule has 12 heteroatoms. The molecule has 4 atom stereocenters. The molecule has 1 fully saturated rings. The number of likely N-dealkylation sites (tertiary alicyclic amines) is 1. The van der Waals surface area contributed by atoms with E-state index in [1.807, 2.05) is 31.2 Å². The van der Waals surface area contributed by atoms with Gasteiger partial charge in [-0.05, 0) is 87.4 Å². The average molecular weight is 630 g/mol. The number of fused-ring (bicyclic) bond motifs is 1. The van der Waals surface area contributed by atoms with Gasteiger partial charge in [-0.3, -0.25) is 19.7 Å². The van der Waals surface area contributed by atoms with Gasteiger partial charge in [0.15, 0.2) is 17.4 Å². The quantitative estimate of drug-likeness (QED) is 0.343. The molecule has 10 nitrogen and oxygen atoms in total. The van der Waals surface area contributed by atoms with Crippen molar-refractivity contribution in [2.75, 3.05) is 32.8 Å². The molecule has 2 heterocycles. The van der Waals surface area contributed by atoms with E-state index in [2.05, 4.69) is 26.2 Å². The maximum Gasteiger partial charge on any atom is 0.243 e. The van der Waals surface area contributed by atoms with Crippen LogP contribution < -0.4 is 26.0 Å². The first kappa shape index (κ1) is 34.1. The lowest BCUT2D eigenvalue weighted by molar-refractivity contribution is -0.133. The number of rotatable bonds is 5. The Bertz CT molecular complexity index is 1310. The molecule has 0 radical (unpaired) electrons. The number of ether oxygens (including phenoxy) is 1. The number of phenols is 1. The number of aryl methyl sites for hydroxylation is 1. The number of nitrogens with one attached hydrogen (secondary N) is 4. The Hall–Kier alpha value is -3.77. The summed E-state index contributed by atoms with van der Waals surface area (Å²) in [4.78, 5) is 42.9. The number of halogens is 2. The summed E-state index contributed by atoms with van der Waals surface area (Å²) in [6.45, 7) is 8.02. The maximum atomic E-state index is 14.2. The minimum Gasteiger partial charge on any atom is -0.503 e. The number of hydrogen-bond acceptors (Lipinski definition) is 7. The first-order valence-electron chi connectivity index (χ1n) is 15.8. The van der Waals surface area contributed by atoms with E-state index in [4.69, 9.17) is 4.74 Å². The van der Waals surface area contributed by atoms with Crippen LogP contribution in [0, 0.1) is 17.6 Å². The second-order valence-corrected chi connectivity index (χ2v) is 12.3. The number of hydrogen-bond donors (Lipinski definition) is 5. The van der Waals surface area contributed by atoms with Crippen LogP contribution in [-0.4, -0.2) is 84.7 Å². The normalized spacial score (nSPS) is 24.5. The van der Waals surface area contributed by atoms with E-state index in [1.54, 1.807) is 13.8 Å². The molecule has 2 aromatic rings. The van der Waals surface area contributed by atoms with Crippen LogP contribution >= 0.6 is 0 Å². The molecule has 3 amide bonds. The zero-order chi connectivity index (χ0) is 32.5. The van der Waals surface area contributed by atoms with Gasteiger partial charge in [-0.15, -0.1) is 0 Å². The zero-order valence-corrected chi connectivity index (χ0v) is 26.2. The van der Waals surface area contributed by atoms with Gasteiger partial charge < -0.3 is 30.7 Å². The van der Waals surface area contributed by atoms with Crippen LogP contribution in [0.3, 0.4) is 0 Å². The third-order valence-electron chi connectivity index (χ3n) is 8.22. The van der Waals surface area contributed by atoms with E-state index in [1.165, 1.54) is 0 Å². The second kappa shape index (κ2) is 16.0. The zero-order valence-electron chi connectivity index (χ0n) is 26.2. The number of carbonyl (C=O) groups is 3. The highest BCUT2D eigenvalue weighted by molar-refractivity contribution is 5.93. The fourth-order valence-corrected chi connectivity index (χ4v) is 5.74. The lowest BCUT2D eigenvalue weighted by Gasteiger charge is -2.30. The summed E-state index contributed by atoms with van der Waals surface area (Å²) >= 11 is 0. The molecule has 45 heavy (non-hydrogen) atoms. The number of para-hydroxylation sites is 1. The molecule has 0 aromatic heterocycles. The molecule has 0 bridgehead atoms. The Kier molecular flexibility index (Phi) is 12.1. The molecule has 0 aliphatic carbocycles. The van der Waals surface area contributed by atoms with Gasteiger partial charge in [-0.1, -0.05) is 32.0 Å². The van der Waals surface area contributed by atoms with Crippen molar-refractivity contribution in [3.8, 4) is 11.5 Å². The van der Waals surface area contributed by atoms with Crippen LogP contribution in [0.5, 0.6) is 11.5 Å². The van der Waals surface area contributed by atoms with E-state index in [-0.39, 0.29) is 36.5 Å². The van der Waals surface area contributed by atoms with Crippen LogP contribution in [0.1, 0.15) is 51.2 Å². The first-order chi connectivity index (χ1) is 21.5. The van der Waals surface area contributed by atoms with E-state index >= 15 is 0 Å². The Morgan fingerprint density at radius 3 is 2.33 bits per heavy atom. The third-order valence-corrected chi connectivity index (χ3v) is 8.22. The van der Waals surface area contributed by atoms with Crippen molar-refractivity contribution in [3.05, 3.63) is 59.2 Å². The number of phenolic OH excluding ortho intramolecular Hbond substituents is 1. The smallest absolute Gasteiger partial charge is 0.243 e. The summed E-state index contributed by atoms with van der Waals surface area (Å²) in [6, 6.07) is 6.36. The lowest BCUT2D eigenvalue weighted by Crippen LogP contribution is -2.60. The minimum atomic E-state index is -1.14. The minimum absolute atomic E-state index is 0.132. The molecular weight excluding hydrogens is 584 g/mol. The van der Waals surface area contributed by atoms with Crippen molar-refractivity contribution in [2.24, 2.45) is 5.92 Å². The summed E-state index contributed by atoms with van der Waals surface area (Å²) in [7, 11) is 0. The molecule has 2 aromatic carbocycles. The van der Waals surface area contributed by atoms with E-state index in [0.717, 1.165) is 43.6 Å². The highest BCUT2D eigenvalue weighted by Crippen LogP contribution is 2.23. The fourth-order valence-electron chi connectivity index (χ4n) is 5.74. The molecule has 0 unspecified atom stereocenters. The van der Waals surface area contributed by atoms with Crippen molar-refractivity contribution in [2.45, 2.75) is 77.0 Å². The Balaban J connectivity index is 1.62. The molecular formula is C33H45F2N5O5. The van der Waals surface area contributed by atoms with Crippen molar-refractivity contribution in [3.63, 3.8) is 0 Å².